The summed E-state index contributed by atoms with van der Waals surface area (Å²) >= 11 is 5.85. The molecule has 0 bridgehead atoms. The number of nitrogens with zero attached hydrogens (tertiary/aromatic N) is 3. The maximum Gasteiger partial charge on any atom is 0.329 e. The smallest absolute Gasteiger partial charge is 0.329 e. The van der Waals surface area contributed by atoms with Crippen LogP contribution in [-0.4, -0.2) is 58.7 Å². The molecule has 1 fully saturated rings. The van der Waals surface area contributed by atoms with Crippen molar-refractivity contribution in [1.29, 1.82) is 0 Å². The number of hydrogen-bond donors (Lipinski definition) is 5. The zero-order chi connectivity index (χ0) is 24.1. The molecule has 0 aliphatic heterocycles. The Morgan fingerprint density at radius 2 is 1.85 bits per heavy atom. The Morgan fingerprint density at radius 1 is 1.15 bits per heavy atom. The fraction of sp³-hybridized carbons (Fsp3) is 0.474. The molecule has 5 unspecified atom stereocenters. The van der Waals surface area contributed by atoms with Crippen LogP contribution in [0.3, 0.4) is 0 Å². The third kappa shape index (κ3) is 6.82. The second kappa shape index (κ2) is 11.8. The quantitative estimate of drug-likeness (QED) is 0.238. The van der Waals surface area contributed by atoms with Crippen molar-refractivity contribution in [2.24, 2.45) is 18.1 Å². The van der Waals surface area contributed by atoms with Crippen LogP contribution in [-0.2, 0) is 23.0 Å². The molecule has 5 atom stereocenters. The summed E-state index contributed by atoms with van der Waals surface area (Å²) in [5.41, 5.74) is 0.671. The molecule has 0 amide bonds. The Labute approximate surface area is 196 Å². The minimum atomic E-state index is -2.29. The van der Waals surface area contributed by atoms with Gasteiger partial charge in [0.05, 0.1) is 24.7 Å². The van der Waals surface area contributed by atoms with Crippen molar-refractivity contribution in [2.75, 3.05) is 12.5 Å². The molecular formula is C19H26ClN3O8P2. The molecule has 0 saturated heterocycles. The molecule has 1 saturated carbocycles. The van der Waals surface area contributed by atoms with Crippen molar-refractivity contribution in [2.45, 2.75) is 31.3 Å². The van der Waals surface area contributed by atoms with Gasteiger partial charge in [0.25, 0.3) is 0 Å². The molecule has 1 aliphatic carbocycles. The lowest BCUT2D eigenvalue weighted by Gasteiger charge is -2.19. The monoisotopic (exact) mass is 521 g/mol. The zero-order valence-electron chi connectivity index (χ0n) is 17.7. The summed E-state index contributed by atoms with van der Waals surface area (Å²) in [6, 6.07) is 7.92. The first-order valence-electron chi connectivity index (χ1n) is 9.96. The predicted molar refractivity (Wildman–Crippen MR) is 122 cm³/mol. The van der Waals surface area contributed by atoms with Crippen molar-refractivity contribution >= 4 is 28.4 Å². The highest BCUT2D eigenvalue weighted by atomic mass is 35.5. The first-order valence-corrected chi connectivity index (χ1v) is 13.2. The molecule has 3 rings (SSSR count). The number of halogens is 1. The van der Waals surface area contributed by atoms with Gasteiger partial charge in [0.15, 0.2) is 22.2 Å². The van der Waals surface area contributed by atoms with Gasteiger partial charge in [-0.2, -0.15) is 0 Å². The lowest BCUT2D eigenvalue weighted by molar-refractivity contribution is -0.00236. The Bertz CT molecular complexity index is 1050. The molecule has 1 heterocycles. The zero-order valence-corrected chi connectivity index (χ0v) is 20.2. The van der Waals surface area contributed by atoms with E-state index in [2.05, 4.69) is 5.16 Å². The molecule has 11 nitrogen and oxygen atoms in total. The summed E-state index contributed by atoms with van der Waals surface area (Å²) < 4.78 is 7.79. The average molecular weight is 522 g/mol. The maximum atomic E-state index is 12.9. The van der Waals surface area contributed by atoms with E-state index >= 15 is 0 Å². The number of aliphatic hydroxyl groups is 2. The minimum absolute atomic E-state index is 0.0903. The van der Waals surface area contributed by atoms with Crippen LogP contribution in [0.25, 0.3) is 0 Å². The molecule has 1 aromatic carbocycles. The van der Waals surface area contributed by atoms with Crippen molar-refractivity contribution in [3.05, 3.63) is 63.1 Å². The van der Waals surface area contributed by atoms with Crippen LogP contribution in [0.2, 0.25) is 5.02 Å². The summed E-state index contributed by atoms with van der Waals surface area (Å²) in [7, 11) is -2.82. The molecule has 182 valence electrons. The fourth-order valence-electron chi connectivity index (χ4n) is 3.56. The molecule has 33 heavy (non-hydrogen) atoms. The highest BCUT2D eigenvalue weighted by Gasteiger charge is 2.43. The van der Waals surface area contributed by atoms with Gasteiger partial charge in [-0.15, -0.1) is 0 Å². The highest BCUT2D eigenvalue weighted by molar-refractivity contribution is 7.63. The Hall–Kier alpha value is -1.39. The van der Waals surface area contributed by atoms with E-state index in [4.69, 9.17) is 30.7 Å². The molecule has 14 heteroatoms. The molecule has 1 aliphatic rings. The Kier molecular flexibility index (Phi) is 9.41. The van der Waals surface area contributed by atoms with Gasteiger partial charge in [0.1, 0.15) is 12.7 Å². The van der Waals surface area contributed by atoms with Gasteiger partial charge < -0.3 is 34.3 Å². The van der Waals surface area contributed by atoms with Crippen molar-refractivity contribution in [3.8, 4) is 0 Å². The van der Waals surface area contributed by atoms with E-state index in [0.717, 1.165) is 5.56 Å². The molecular weight excluding hydrogens is 496 g/mol. The van der Waals surface area contributed by atoms with Crippen LogP contribution in [0.15, 0.2) is 46.5 Å². The van der Waals surface area contributed by atoms with Crippen molar-refractivity contribution in [3.63, 3.8) is 0 Å². The summed E-state index contributed by atoms with van der Waals surface area (Å²) in [5, 5.41) is 25.5. The van der Waals surface area contributed by atoms with Gasteiger partial charge in [-0.1, -0.05) is 28.9 Å². The highest BCUT2D eigenvalue weighted by Crippen LogP contribution is 2.45. The van der Waals surface area contributed by atoms with Gasteiger partial charge >= 0.3 is 5.69 Å². The number of rotatable bonds is 9. The van der Waals surface area contributed by atoms with Crippen LogP contribution < -0.4 is 11.2 Å². The van der Waals surface area contributed by atoms with Crippen LogP contribution in [0.5, 0.6) is 0 Å². The fourth-order valence-corrected chi connectivity index (χ4v) is 5.24. The van der Waals surface area contributed by atoms with Crippen LogP contribution >= 0.6 is 28.4 Å². The van der Waals surface area contributed by atoms with Gasteiger partial charge in [0.2, 0.25) is 0 Å². The van der Waals surface area contributed by atoms with Crippen molar-refractivity contribution in [1.82, 2.24) is 9.13 Å². The van der Waals surface area contributed by atoms with E-state index in [1.165, 1.54) is 22.4 Å². The number of hydrogen-bond acceptors (Lipinski definition) is 9. The van der Waals surface area contributed by atoms with Gasteiger partial charge in [-0.25, -0.2) is 4.79 Å². The van der Waals surface area contributed by atoms with Crippen LogP contribution in [0.1, 0.15) is 18.0 Å². The molecule has 0 radical (unpaired) electrons. The average Bonchev–Trinajstić information content (AvgIpc) is 3.04. The minimum Gasteiger partial charge on any atom is -0.390 e. The Morgan fingerprint density at radius 3 is 2.52 bits per heavy atom. The first kappa shape index (κ1) is 26.2. The normalized spacial score (nSPS) is 24.4. The molecule has 2 aromatic rings. The third-order valence-electron chi connectivity index (χ3n) is 5.35. The second-order valence-electron chi connectivity index (χ2n) is 7.62. The Balaban J connectivity index is 1.68. The first-order chi connectivity index (χ1) is 15.7. The number of aliphatic hydroxyl groups excluding tert-OH is 2. The summed E-state index contributed by atoms with van der Waals surface area (Å²) in [6.45, 7) is 0.101. The number of aromatic nitrogens is 2. The lowest BCUT2D eigenvalue weighted by Crippen LogP contribution is -2.42. The summed E-state index contributed by atoms with van der Waals surface area (Å²) in [4.78, 5) is 45.8. The summed E-state index contributed by atoms with van der Waals surface area (Å²) in [5.74, 6) is -0.824. The van der Waals surface area contributed by atoms with E-state index in [1.54, 1.807) is 30.3 Å². The van der Waals surface area contributed by atoms with Gasteiger partial charge in [-0.3, -0.25) is 9.13 Å². The van der Waals surface area contributed by atoms with Gasteiger partial charge in [-0.05, 0) is 24.1 Å². The molecule has 0 spiro atoms. The SMILES string of the molecule is Cn1c(=O)n(C2CC(COP(O)CP(O)O)C(O)C2O)cc/c1=N/OCc1ccc(Cl)cc1. The van der Waals surface area contributed by atoms with E-state index in [-0.39, 0.29) is 31.0 Å². The lowest BCUT2D eigenvalue weighted by atomic mass is 10.1. The van der Waals surface area contributed by atoms with Crippen molar-refractivity contribution < 1.29 is 34.3 Å². The van der Waals surface area contributed by atoms with Gasteiger partial charge in [0, 0.05) is 30.3 Å². The summed E-state index contributed by atoms with van der Waals surface area (Å²) in [6.07, 6.45) is -0.701. The van der Waals surface area contributed by atoms with E-state index in [1.807, 2.05) is 0 Å². The number of benzene rings is 1. The molecule has 5 N–H and O–H groups in total. The molecule has 1 aromatic heterocycles. The van der Waals surface area contributed by atoms with E-state index in [0.29, 0.717) is 5.02 Å². The van der Waals surface area contributed by atoms with Crippen LogP contribution in [0.4, 0.5) is 0 Å². The standard InChI is InChI=1S/C19H26ClN3O8P2/c1-22-16(21-30-9-12-2-4-14(20)5-3-12)6-7-23(19(22)26)15-8-13(17(24)18(15)25)10-31-33(29)11-32(27)28/h2-7,13,15,17-18,24-25,27-29H,8-11H2,1H3/b21-16-. The van der Waals surface area contributed by atoms with Crippen LogP contribution in [0, 0.1) is 5.92 Å². The van der Waals surface area contributed by atoms with E-state index in [9.17, 15) is 19.9 Å². The second-order valence-corrected chi connectivity index (χ2v) is 10.9. The third-order valence-corrected chi connectivity index (χ3v) is 8.03. The predicted octanol–water partition coefficient (Wildman–Crippen LogP) is 0.730. The maximum absolute atomic E-state index is 12.9. The largest absolute Gasteiger partial charge is 0.390 e. The topological polar surface area (TPSA) is 159 Å². The van der Waals surface area contributed by atoms with E-state index < -0.39 is 46.6 Å².